The molecule has 5 heteroatoms. The van der Waals surface area contributed by atoms with Crippen LogP contribution in [0.25, 0.3) is 0 Å². The zero-order valence-corrected chi connectivity index (χ0v) is 10.5. The molecule has 5 nitrogen and oxygen atoms in total. The number of hydrogen-bond acceptors (Lipinski definition) is 3. The monoisotopic (exact) mass is 236 g/mol. The second-order valence-corrected chi connectivity index (χ2v) is 4.54. The Morgan fingerprint density at radius 1 is 1.71 bits per heavy atom. The Hall–Kier alpha value is -1.36. The second-order valence-electron chi connectivity index (χ2n) is 4.54. The van der Waals surface area contributed by atoms with Gasteiger partial charge in [0.25, 0.3) is 0 Å². The largest absolute Gasteiger partial charge is 0.352 e. The summed E-state index contributed by atoms with van der Waals surface area (Å²) in [5.41, 5.74) is 2.19. The average Bonchev–Trinajstić information content (AvgIpc) is 2.94. The van der Waals surface area contributed by atoms with Crippen LogP contribution in [0.5, 0.6) is 0 Å². The molecule has 1 saturated heterocycles. The summed E-state index contributed by atoms with van der Waals surface area (Å²) in [5.74, 6) is 0.289. The summed E-state index contributed by atoms with van der Waals surface area (Å²) in [7, 11) is 1.91. The van der Waals surface area contributed by atoms with Crippen LogP contribution in [0.3, 0.4) is 0 Å². The zero-order chi connectivity index (χ0) is 12.3. The summed E-state index contributed by atoms with van der Waals surface area (Å²) in [6.07, 6.45) is 3.82. The maximum atomic E-state index is 11.8. The molecule has 0 saturated carbocycles. The van der Waals surface area contributed by atoms with Gasteiger partial charge in [-0.25, -0.2) is 0 Å². The smallest absolute Gasteiger partial charge is 0.224 e. The molecule has 0 spiro atoms. The number of rotatable bonds is 4. The third-order valence-electron chi connectivity index (χ3n) is 3.21. The summed E-state index contributed by atoms with van der Waals surface area (Å²) < 4.78 is 1.80. The first-order valence-corrected chi connectivity index (χ1v) is 6.20. The van der Waals surface area contributed by atoms with E-state index in [2.05, 4.69) is 22.7 Å². The molecule has 0 aromatic carbocycles. The molecule has 2 heterocycles. The Bertz CT molecular complexity index is 393. The van der Waals surface area contributed by atoms with Crippen LogP contribution in [0, 0.1) is 5.92 Å². The highest BCUT2D eigenvalue weighted by atomic mass is 16.1. The van der Waals surface area contributed by atoms with Crippen LogP contribution in [-0.2, 0) is 24.8 Å². The van der Waals surface area contributed by atoms with Gasteiger partial charge in [0.2, 0.25) is 5.91 Å². The summed E-state index contributed by atoms with van der Waals surface area (Å²) >= 11 is 0. The summed E-state index contributed by atoms with van der Waals surface area (Å²) in [5, 5.41) is 10.6. The predicted octanol–water partition coefficient (Wildman–Crippen LogP) is 0.208. The van der Waals surface area contributed by atoms with Gasteiger partial charge in [-0.3, -0.25) is 9.48 Å². The fourth-order valence-electron chi connectivity index (χ4n) is 2.23. The molecule has 1 aromatic heterocycles. The first-order valence-electron chi connectivity index (χ1n) is 6.20. The van der Waals surface area contributed by atoms with Gasteiger partial charge < -0.3 is 10.6 Å². The van der Waals surface area contributed by atoms with Crippen molar-refractivity contribution < 1.29 is 4.79 Å². The fourth-order valence-corrected chi connectivity index (χ4v) is 2.23. The molecule has 2 N–H and O–H groups in total. The fraction of sp³-hybridized carbons (Fsp3) is 0.667. The topological polar surface area (TPSA) is 59.0 Å². The number of carbonyl (C=O) groups excluding carboxylic acids is 1. The third kappa shape index (κ3) is 2.85. The van der Waals surface area contributed by atoms with E-state index in [-0.39, 0.29) is 11.8 Å². The SMILES string of the molecule is CCc1nn(C)cc1CNC(=O)C1CCNC1. The Labute approximate surface area is 102 Å². The molecule has 1 aromatic rings. The zero-order valence-electron chi connectivity index (χ0n) is 10.5. The number of aromatic nitrogens is 2. The Morgan fingerprint density at radius 2 is 2.53 bits per heavy atom. The molecule has 0 aliphatic carbocycles. The van der Waals surface area contributed by atoms with Gasteiger partial charge in [-0.05, 0) is 19.4 Å². The highest BCUT2D eigenvalue weighted by Gasteiger charge is 2.22. The van der Waals surface area contributed by atoms with Crippen molar-refractivity contribution in [1.82, 2.24) is 20.4 Å². The molecule has 2 rings (SSSR count). The van der Waals surface area contributed by atoms with Gasteiger partial charge in [0.1, 0.15) is 0 Å². The normalized spacial score (nSPS) is 19.5. The van der Waals surface area contributed by atoms with Gasteiger partial charge in [-0.15, -0.1) is 0 Å². The van der Waals surface area contributed by atoms with Crippen LogP contribution in [0.4, 0.5) is 0 Å². The van der Waals surface area contributed by atoms with Gasteiger partial charge in [-0.2, -0.15) is 5.10 Å². The van der Waals surface area contributed by atoms with Crippen molar-refractivity contribution in [3.63, 3.8) is 0 Å². The molecule has 1 atom stereocenters. The maximum absolute atomic E-state index is 11.8. The van der Waals surface area contributed by atoms with Crippen LogP contribution in [0.15, 0.2) is 6.20 Å². The number of nitrogens with one attached hydrogen (secondary N) is 2. The van der Waals surface area contributed by atoms with E-state index >= 15 is 0 Å². The number of nitrogens with zero attached hydrogens (tertiary/aromatic N) is 2. The third-order valence-corrected chi connectivity index (χ3v) is 3.21. The predicted molar refractivity (Wildman–Crippen MR) is 65.4 cm³/mol. The van der Waals surface area contributed by atoms with Gasteiger partial charge in [-0.1, -0.05) is 6.92 Å². The van der Waals surface area contributed by atoms with Crippen molar-refractivity contribution in [3.05, 3.63) is 17.5 Å². The van der Waals surface area contributed by atoms with E-state index in [1.165, 1.54) is 0 Å². The number of hydrogen-bond donors (Lipinski definition) is 2. The van der Waals surface area contributed by atoms with Crippen molar-refractivity contribution in [2.75, 3.05) is 13.1 Å². The van der Waals surface area contributed by atoms with E-state index in [1.54, 1.807) is 4.68 Å². The molecular formula is C12H20N4O. The Morgan fingerprint density at radius 3 is 3.18 bits per heavy atom. The molecule has 17 heavy (non-hydrogen) atoms. The summed E-state index contributed by atoms with van der Waals surface area (Å²) in [6, 6.07) is 0. The minimum absolute atomic E-state index is 0.136. The van der Waals surface area contributed by atoms with E-state index in [0.29, 0.717) is 6.54 Å². The van der Waals surface area contributed by atoms with Crippen LogP contribution >= 0.6 is 0 Å². The second kappa shape index (κ2) is 5.31. The quantitative estimate of drug-likeness (QED) is 0.785. The van der Waals surface area contributed by atoms with Crippen molar-refractivity contribution in [3.8, 4) is 0 Å². The van der Waals surface area contributed by atoms with E-state index in [0.717, 1.165) is 37.2 Å². The lowest BCUT2D eigenvalue weighted by Gasteiger charge is -2.09. The molecule has 1 aliphatic heterocycles. The molecule has 1 aliphatic rings. The van der Waals surface area contributed by atoms with Gasteiger partial charge in [0.05, 0.1) is 11.6 Å². The van der Waals surface area contributed by atoms with Crippen molar-refractivity contribution in [1.29, 1.82) is 0 Å². The van der Waals surface area contributed by atoms with Crippen LogP contribution in [-0.4, -0.2) is 28.8 Å². The van der Waals surface area contributed by atoms with Gasteiger partial charge >= 0.3 is 0 Å². The van der Waals surface area contributed by atoms with Crippen LogP contribution < -0.4 is 10.6 Å². The first kappa shape index (κ1) is 12.1. The van der Waals surface area contributed by atoms with Crippen LogP contribution in [0.2, 0.25) is 0 Å². The summed E-state index contributed by atoms with van der Waals surface area (Å²) in [6.45, 7) is 4.42. The van der Waals surface area contributed by atoms with E-state index in [9.17, 15) is 4.79 Å². The minimum atomic E-state index is 0.136. The molecular weight excluding hydrogens is 216 g/mol. The maximum Gasteiger partial charge on any atom is 0.224 e. The molecule has 0 bridgehead atoms. The molecule has 1 amide bonds. The van der Waals surface area contributed by atoms with Crippen molar-refractivity contribution >= 4 is 5.91 Å². The highest BCUT2D eigenvalue weighted by Crippen LogP contribution is 2.10. The lowest BCUT2D eigenvalue weighted by Crippen LogP contribution is -2.31. The van der Waals surface area contributed by atoms with E-state index in [1.807, 2.05) is 13.2 Å². The van der Waals surface area contributed by atoms with E-state index in [4.69, 9.17) is 0 Å². The molecule has 0 radical (unpaired) electrons. The highest BCUT2D eigenvalue weighted by molar-refractivity contribution is 5.79. The summed E-state index contributed by atoms with van der Waals surface area (Å²) in [4.78, 5) is 11.8. The molecule has 1 fully saturated rings. The molecule has 94 valence electrons. The first-order chi connectivity index (χ1) is 8.20. The van der Waals surface area contributed by atoms with Crippen molar-refractivity contribution in [2.24, 2.45) is 13.0 Å². The molecule has 1 unspecified atom stereocenters. The number of aryl methyl sites for hydroxylation is 2. The standard InChI is InChI=1S/C12H20N4O/c1-3-11-10(8-16(2)15-11)7-14-12(17)9-4-5-13-6-9/h8-9,13H,3-7H2,1-2H3,(H,14,17). The van der Waals surface area contributed by atoms with E-state index < -0.39 is 0 Å². The minimum Gasteiger partial charge on any atom is -0.352 e. The lowest BCUT2D eigenvalue weighted by atomic mass is 10.1. The lowest BCUT2D eigenvalue weighted by molar-refractivity contribution is -0.124. The number of carbonyl (C=O) groups is 1. The Balaban J connectivity index is 1.90. The average molecular weight is 236 g/mol. The van der Waals surface area contributed by atoms with Gasteiger partial charge in [0.15, 0.2) is 0 Å². The van der Waals surface area contributed by atoms with Gasteiger partial charge in [0, 0.05) is 31.9 Å². The van der Waals surface area contributed by atoms with Crippen molar-refractivity contribution in [2.45, 2.75) is 26.3 Å². The number of amides is 1. The van der Waals surface area contributed by atoms with Crippen LogP contribution in [0.1, 0.15) is 24.6 Å². The Kier molecular flexibility index (Phi) is 3.78.